The first kappa shape index (κ1) is 19.2. The minimum absolute atomic E-state index is 0.0424. The quantitative estimate of drug-likeness (QED) is 0.553. The Morgan fingerprint density at radius 1 is 1.19 bits per heavy atom. The third-order valence-corrected chi connectivity index (χ3v) is 3.76. The fourth-order valence-electron chi connectivity index (χ4n) is 2.60. The van der Waals surface area contributed by atoms with Gasteiger partial charge in [-0.05, 0) is 36.6 Å². The van der Waals surface area contributed by atoms with Crippen LogP contribution in [0.2, 0.25) is 0 Å². The summed E-state index contributed by atoms with van der Waals surface area (Å²) in [7, 11) is 0. The van der Waals surface area contributed by atoms with Crippen molar-refractivity contribution in [1.82, 2.24) is 9.97 Å². The number of rotatable bonds is 8. The van der Waals surface area contributed by atoms with E-state index in [-0.39, 0.29) is 5.82 Å². The number of H-pyrrole nitrogens is 1. The van der Waals surface area contributed by atoms with Gasteiger partial charge in [-0.25, -0.2) is 0 Å². The minimum Gasteiger partial charge on any atom is -0.488 e. The molecule has 8 heteroatoms. The van der Waals surface area contributed by atoms with Crippen molar-refractivity contribution in [3.8, 4) is 5.88 Å². The van der Waals surface area contributed by atoms with Crippen molar-refractivity contribution >= 4 is 23.5 Å². The van der Waals surface area contributed by atoms with E-state index in [0.29, 0.717) is 0 Å². The number of nitro groups is 1. The molecule has 0 aliphatic heterocycles. The Hall–Kier alpha value is -3.16. The zero-order valence-corrected chi connectivity index (χ0v) is 14.8. The third kappa shape index (κ3) is 4.69. The number of nitrogens with zero attached hydrogens (tertiary/aromatic N) is 3. The second-order valence-corrected chi connectivity index (χ2v) is 5.79. The van der Waals surface area contributed by atoms with E-state index in [4.69, 9.17) is 0 Å². The summed E-state index contributed by atoms with van der Waals surface area (Å²) >= 11 is 0. The van der Waals surface area contributed by atoms with Crippen molar-refractivity contribution in [2.75, 3.05) is 18.0 Å². The molecule has 1 aromatic heterocycles. The van der Waals surface area contributed by atoms with Gasteiger partial charge in [0, 0.05) is 18.8 Å². The summed E-state index contributed by atoms with van der Waals surface area (Å²) in [6.07, 6.45) is 5.33. The zero-order chi connectivity index (χ0) is 19.1. The van der Waals surface area contributed by atoms with Crippen molar-refractivity contribution in [3.63, 3.8) is 0 Å². The molecule has 2 rings (SSSR count). The molecule has 2 aromatic rings. The first-order chi connectivity index (χ1) is 12.5. The van der Waals surface area contributed by atoms with E-state index in [1.165, 1.54) is 6.08 Å². The van der Waals surface area contributed by atoms with Crippen molar-refractivity contribution in [2.24, 2.45) is 0 Å². The van der Waals surface area contributed by atoms with Gasteiger partial charge in [0.1, 0.15) is 5.82 Å². The summed E-state index contributed by atoms with van der Waals surface area (Å²) in [5.41, 5.74) is 0.0678. The lowest BCUT2D eigenvalue weighted by molar-refractivity contribution is -0.387. The molecular weight excluding hydrogens is 336 g/mol. The number of hydrogen-bond donors (Lipinski definition) is 2. The van der Waals surface area contributed by atoms with Crippen LogP contribution in [0.5, 0.6) is 5.88 Å². The lowest BCUT2D eigenvalue weighted by Gasteiger charge is -2.23. The fourth-order valence-corrected chi connectivity index (χ4v) is 2.60. The molecule has 2 N–H and O–H groups in total. The van der Waals surface area contributed by atoms with Gasteiger partial charge in [0.05, 0.1) is 4.92 Å². The Morgan fingerprint density at radius 3 is 2.31 bits per heavy atom. The lowest BCUT2D eigenvalue weighted by Crippen LogP contribution is -2.24. The van der Waals surface area contributed by atoms with Gasteiger partial charge in [0.2, 0.25) is 0 Å². The van der Waals surface area contributed by atoms with Crippen LogP contribution < -0.4 is 10.5 Å². The topological polar surface area (TPSA) is 112 Å². The Morgan fingerprint density at radius 2 is 1.81 bits per heavy atom. The number of aromatic amines is 1. The maximum Gasteiger partial charge on any atom is 0.395 e. The molecule has 1 heterocycles. The molecular formula is C18H22N4O4. The molecule has 0 radical (unpaired) electrons. The van der Waals surface area contributed by atoms with Gasteiger partial charge in [-0.2, -0.15) is 4.98 Å². The highest BCUT2D eigenvalue weighted by Gasteiger charge is 2.21. The van der Waals surface area contributed by atoms with Crippen LogP contribution in [-0.2, 0) is 0 Å². The van der Waals surface area contributed by atoms with E-state index in [1.54, 1.807) is 6.08 Å². The number of aromatic hydroxyl groups is 1. The number of nitrogens with one attached hydrogen (secondary N) is 1. The van der Waals surface area contributed by atoms with Crippen molar-refractivity contribution in [3.05, 3.63) is 56.1 Å². The average molecular weight is 358 g/mol. The molecule has 0 unspecified atom stereocenters. The first-order valence-corrected chi connectivity index (χ1v) is 8.47. The van der Waals surface area contributed by atoms with Gasteiger partial charge >= 0.3 is 11.2 Å². The van der Waals surface area contributed by atoms with E-state index in [9.17, 15) is 20.0 Å². The Balaban J connectivity index is 2.18. The number of anilines is 1. The minimum atomic E-state index is -0.993. The molecule has 0 amide bonds. The van der Waals surface area contributed by atoms with E-state index in [1.807, 2.05) is 24.3 Å². The summed E-state index contributed by atoms with van der Waals surface area (Å²) in [6.45, 7) is 6.28. The van der Waals surface area contributed by atoms with Gasteiger partial charge in [0.25, 0.3) is 5.88 Å². The predicted octanol–water partition coefficient (Wildman–Crippen LogP) is 3.18. The molecule has 8 nitrogen and oxygen atoms in total. The van der Waals surface area contributed by atoms with Crippen LogP contribution in [0.15, 0.2) is 29.1 Å². The average Bonchev–Trinajstić information content (AvgIpc) is 2.59. The second-order valence-electron chi connectivity index (χ2n) is 5.79. The first-order valence-electron chi connectivity index (χ1n) is 8.47. The summed E-state index contributed by atoms with van der Waals surface area (Å²) in [5, 5.41) is 20.2. The number of benzene rings is 1. The van der Waals surface area contributed by atoms with Crippen LogP contribution in [-0.4, -0.2) is 33.1 Å². The van der Waals surface area contributed by atoms with Crippen LogP contribution in [0.3, 0.4) is 0 Å². The van der Waals surface area contributed by atoms with Crippen molar-refractivity contribution in [2.45, 2.75) is 26.7 Å². The molecule has 0 aliphatic rings. The van der Waals surface area contributed by atoms with Crippen LogP contribution >= 0.6 is 0 Å². The number of hydrogen-bond acceptors (Lipinski definition) is 6. The second kappa shape index (κ2) is 8.80. The van der Waals surface area contributed by atoms with Crippen LogP contribution in [0, 0.1) is 10.1 Å². The molecule has 0 atom stereocenters. The van der Waals surface area contributed by atoms with Gasteiger partial charge in [0.15, 0.2) is 0 Å². The molecule has 1 aromatic carbocycles. The van der Waals surface area contributed by atoms with Crippen LogP contribution in [0.4, 0.5) is 11.4 Å². The summed E-state index contributed by atoms with van der Waals surface area (Å²) in [4.78, 5) is 29.5. The molecule has 0 aliphatic carbocycles. The van der Waals surface area contributed by atoms with E-state index < -0.39 is 22.0 Å². The van der Waals surface area contributed by atoms with E-state index >= 15 is 0 Å². The highest BCUT2D eigenvalue weighted by atomic mass is 16.6. The molecule has 0 fully saturated rings. The monoisotopic (exact) mass is 358 g/mol. The number of aromatic nitrogens is 2. The summed E-state index contributed by atoms with van der Waals surface area (Å²) in [5.74, 6) is -0.857. The van der Waals surface area contributed by atoms with E-state index in [0.717, 1.165) is 37.2 Å². The van der Waals surface area contributed by atoms with E-state index in [2.05, 4.69) is 28.7 Å². The third-order valence-electron chi connectivity index (χ3n) is 3.76. The Kier molecular flexibility index (Phi) is 6.48. The highest BCUT2D eigenvalue weighted by molar-refractivity contribution is 5.68. The highest BCUT2D eigenvalue weighted by Crippen LogP contribution is 2.19. The van der Waals surface area contributed by atoms with Crippen LogP contribution in [0.1, 0.15) is 38.1 Å². The van der Waals surface area contributed by atoms with Gasteiger partial charge in [-0.3, -0.25) is 14.9 Å². The molecule has 0 saturated heterocycles. The van der Waals surface area contributed by atoms with Gasteiger partial charge < -0.3 is 15.0 Å². The fraction of sp³-hybridized carbons (Fsp3) is 0.333. The maximum atomic E-state index is 11.6. The van der Waals surface area contributed by atoms with Crippen molar-refractivity contribution < 1.29 is 10.0 Å². The molecule has 26 heavy (non-hydrogen) atoms. The lowest BCUT2D eigenvalue weighted by atomic mass is 10.1. The zero-order valence-electron chi connectivity index (χ0n) is 14.8. The smallest absolute Gasteiger partial charge is 0.395 e. The SMILES string of the molecule is CCCN(CCC)c1ccc(/C=C/c2nc(O)c([N+](=O)[O-])c(=O)[nH]2)cc1. The predicted molar refractivity (Wildman–Crippen MR) is 101 cm³/mol. The molecule has 0 bridgehead atoms. The normalized spacial score (nSPS) is 11.0. The molecule has 138 valence electrons. The summed E-state index contributed by atoms with van der Waals surface area (Å²) < 4.78 is 0. The summed E-state index contributed by atoms with van der Waals surface area (Å²) in [6, 6.07) is 7.92. The van der Waals surface area contributed by atoms with Crippen molar-refractivity contribution in [1.29, 1.82) is 0 Å². The Bertz CT molecular complexity index is 837. The van der Waals surface area contributed by atoms with Gasteiger partial charge in [-0.1, -0.05) is 32.1 Å². The Labute approximate surface area is 151 Å². The largest absolute Gasteiger partial charge is 0.488 e. The van der Waals surface area contributed by atoms with Crippen LogP contribution in [0.25, 0.3) is 12.2 Å². The van der Waals surface area contributed by atoms with Gasteiger partial charge in [-0.15, -0.1) is 0 Å². The molecule has 0 saturated carbocycles. The molecule has 0 spiro atoms. The standard InChI is InChI=1S/C18H22N4O4/c1-3-11-21(12-4-2)14-8-5-13(6-9-14)7-10-15-19-17(23)16(22(25)26)18(24)20-15/h5-10H,3-4,11-12H2,1-2H3,(H2,19,20,23,24)/b10-7+. The maximum absolute atomic E-state index is 11.6.